The smallest absolute Gasteiger partial charge is 0.243 e. The van der Waals surface area contributed by atoms with E-state index in [9.17, 15) is 9.59 Å². The Morgan fingerprint density at radius 3 is 2.96 bits per heavy atom. The predicted molar refractivity (Wildman–Crippen MR) is 99.4 cm³/mol. The number of amides is 2. The van der Waals surface area contributed by atoms with E-state index in [0.717, 1.165) is 23.4 Å². The Bertz CT molecular complexity index is 724. The van der Waals surface area contributed by atoms with Crippen molar-refractivity contribution >= 4 is 45.1 Å². The van der Waals surface area contributed by atoms with Gasteiger partial charge in [-0.15, -0.1) is 23.1 Å². The van der Waals surface area contributed by atoms with Crippen molar-refractivity contribution < 1.29 is 9.59 Å². The number of thioether (sulfide) groups is 1. The minimum atomic E-state index is -0.455. The first kappa shape index (κ1) is 17.2. The summed E-state index contributed by atoms with van der Waals surface area (Å²) in [5.41, 5.74) is 1.03. The van der Waals surface area contributed by atoms with E-state index in [0.29, 0.717) is 12.3 Å². The summed E-state index contributed by atoms with van der Waals surface area (Å²) in [5.74, 6) is 0.437. The molecule has 1 aromatic heterocycles. The summed E-state index contributed by atoms with van der Waals surface area (Å²) >= 11 is 3.22. The lowest BCUT2D eigenvalue weighted by Crippen LogP contribution is -2.57. The summed E-state index contributed by atoms with van der Waals surface area (Å²) < 4.78 is 0.741. The number of nitrogens with zero attached hydrogens (tertiary/aromatic N) is 1. The highest BCUT2D eigenvalue weighted by Gasteiger charge is 2.37. The second-order valence-electron chi connectivity index (χ2n) is 6.32. The Hall–Kier alpha value is -1.60. The van der Waals surface area contributed by atoms with Crippen LogP contribution in [-0.4, -0.2) is 39.9 Å². The molecule has 2 heterocycles. The quantitative estimate of drug-likeness (QED) is 0.800. The molecule has 0 aliphatic carbocycles. The van der Waals surface area contributed by atoms with Crippen LogP contribution in [-0.2, 0) is 16.0 Å². The molecule has 0 radical (unpaired) electrons. The van der Waals surface area contributed by atoms with E-state index in [4.69, 9.17) is 0 Å². The van der Waals surface area contributed by atoms with Crippen LogP contribution in [0.15, 0.2) is 24.3 Å². The lowest BCUT2D eigenvalue weighted by atomic mass is 10.1. The van der Waals surface area contributed by atoms with Gasteiger partial charge in [-0.2, -0.15) is 0 Å². The zero-order valence-electron chi connectivity index (χ0n) is 13.8. The standard InChI is InChI=1S/C17H21N3O2S2/c1-17(2)16(22)20-12(10-23-17)15(21)18-9-5-8-14-19-11-6-3-4-7-13(11)24-14/h3-4,6-7,12H,5,8-10H2,1-2H3,(H,18,21)(H,20,22)/t12-/m0/s1. The van der Waals surface area contributed by atoms with Gasteiger partial charge in [-0.25, -0.2) is 4.98 Å². The number of nitrogens with one attached hydrogen (secondary N) is 2. The van der Waals surface area contributed by atoms with E-state index in [-0.39, 0.29) is 11.8 Å². The van der Waals surface area contributed by atoms with Crippen molar-refractivity contribution in [1.29, 1.82) is 0 Å². The third kappa shape index (κ3) is 3.89. The monoisotopic (exact) mass is 363 g/mol. The van der Waals surface area contributed by atoms with Crippen LogP contribution in [0.1, 0.15) is 25.3 Å². The minimum Gasteiger partial charge on any atom is -0.354 e. The number of rotatable bonds is 5. The molecule has 2 N–H and O–H groups in total. The number of thiazole rings is 1. The van der Waals surface area contributed by atoms with Gasteiger partial charge in [0, 0.05) is 18.7 Å². The van der Waals surface area contributed by atoms with Crippen molar-refractivity contribution in [1.82, 2.24) is 15.6 Å². The predicted octanol–water partition coefficient (Wildman–Crippen LogP) is 2.36. The number of carbonyl (C=O) groups excluding carboxylic acids is 2. The van der Waals surface area contributed by atoms with Crippen molar-refractivity contribution in [2.24, 2.45) is 0 Å². The maximum Gasteiger partial charge on any atom is 0.243 e. The zero-order chi connectivity index (χ0) is 17.2. The summed E-state index contributed by atoms with van der Waals surface area (Å²) in [6.07, 6.45) is 1.68. The Balaban J connectivity index is 1.43. The van der Waals surface area contributed by atoms with Gasteiger partial charge in [-0.1, -0.05) is 12.1 Å². The van der Waals surface area contributed by atoms with Crippen LogP contribution in [0.5, 0.6) is 0 Å². The average molecular weight is 364 g/mol. The van der Waals surface area contributed by atoms with Gasteiger partial charge in [0.1, 0.15) is 6.04 Å². The summed E-state index contributed by atoms with van der Waals surface area (Å²) in [4.78, 5) is 28.7. The Kier molecular flexibility index (Phi) is 5.10. The van der Waals surface area contributed by atoms with E-state index in [2.05, 4.69) is 21.7 Å². The number of aryl methyl sites for hydroxylation is 1. The first-order valence-electron chi connectivity index (χ1n) is 8.03. The average Bonchev–Trinajstić information content (AvgIpc) is 2.96. The molecule has 1 aromatic carbocycles. The summed E-state index contributed by atoms with van der Waals surface area (Å²) in [6.45, 7) is 4.34. The molecule has 0 spiro atoms. The number of fused-ring (bicyclic) bond motifs is 1. The third-order valence-corrected chi connectivity index (χ3v) is 6.49. The fourth-order valence-electron chi connectivity index (χ4n) is 2.47. The van der Waals surface area contributed by atoms with Crippen LogP contribution in [0.2, 0.25) is 0 Å². The third-order valence-electron chi connectivity index (χ3n) is 3.98. The molecule has 1 aliphatic heterocycles. The lowest BCUT2D eigenvalue weighted by Gasteiger charge is -2.32. The largest absolute Gasteiger partial charge is 0.354 e. The molecule has 0 saturated carbocycles. The normalized spacial score (nSPS) is 19.9. The van der Waals surface area contributed by atoms with Crippen molar-refractivity contribution in [2.75, 3.05) is 12.3 Å². The van der Waals surface area contributed by atoms with E-state index in [1.807, 2.05) is 32.0 Å². The van der Waals surface area contributed by atoms with Crippen LogP contribution in [0, 0.1) is 0 Å². The van der Waals surface area contributed by atoms with E-state index in [1.165, 1.54) is 16.5 Å². The molecular weight excluding hydrogens is 342 g/mol. The number of hydrogen-bond acceptors (Lipinski definition) is 5. The van der Waals surface area contributed by atoms with Crippen molar-refractivity contribution in [3.8, 4) is 0 Å². The number of hydrogen-bond donors (Lipinski definition) is 2. The second-order valence-corrected chi connectivity index (χ2v) is 9.08. The second kappa shape index (κ2) is 7.11. The number of benzene rings is 1. The van der Waals surface area contributed by atoms with Gasteiger partial charge in [-0.05, 0) is 32.4 Å². The van der Waals surface area contributed by atoms with Crippen LogP contribution >= 0.6 is 23.1 Å². The van der Waals surface area contributed by atoms with Gasteiger partial charge in [-0.3, -0.25) is 9.59 Å². The van der Waals surface area contributed by atoms with Gasteiger partial charge < -0.3 is 10.6 Å². The summed E-state index contributed by atoms with van der Waals surface area (Å²) in [7, 11) is 0. The molecule has 5 nitrogen and oxygen atoms in total. The summed E-state index contributed by atoms with van der Waals surface area (Å²) in [5, 5.41) is 6.81. The van der Waals surface area contributed by atoms with Crippen LogP contribution in [0.4, 0.5) is 0 Å². The molecule has 0 unspecified atom stereocenters. The van der Waals surface area contributed by atoms with Crippen molar-refractivity contribution in [3.63, 3.8) is 0 Å². The van der Waals surface area contributed by atoms with Crippen LogP contribution in [0.25, 0.3) is 10.2 Å². The van der Waals surface area contributed by atoms with Crippen molar-refractivity contribution in [3.05, 3.63) is 29.3 Å². The maximum absolute atomic E-state index is 12.2. The minimum absolute atomic E-state index is 0.0756. The summed E-state index contributed by atoms with van der Waals surface area (Å²) in [6, 6.07) is 7.66. The molecule has 2 amide bonds. The van der Waals surface area contributed by atoms with Gasteiger partial charge in [0.2, 0.25) is 11.8 Å². The number of para-hydroxylation sites is 1. The van der Waals surface area contributed by atoms with Crippen molar-refractivity contribution in [2.45, 2.75) is 37.5 Å². The molecule has 3 rings (SSSR count). The highest BCUT2D eigenvalue weighted by molar-refractivity contribution is 8.01. The van der Waals surface area contributed by atoms with Gasteiger partial charge in [0.25, 0.3) is 0 Å². The van der Waals surface area contributed by atoms with E-state index in [1.54, 1.807) is 11.3 Å². The molecule has 7 heteroatoms. The molecule has 1 fully saturated rings. The molecule has 24 heavy (non-hydrogen) atoms. The Labute approximate surface area is 149 Å². The van der Waals surface area contributed by atoms with Crippen LogP contribution in [0.3, 0.4) is 0 Å². The first-order valence-corrected chi connectivity index (χ1v) is 9.83. The van der Waals surface area contributed by atoms with Crippen LogP contribution < -0.4 is 10.6 Å². The first-order chi connectivity index (χ1) is 11.5. The van der Waals surface area contributed by atoms with Gasteiger partial charge in [0.05, 0.1) is 20.0 Å². The van der Waals surface area contributed by atoms with Gasteiger partial charge in [0.15, 0.2) is 0 Å². The van der Waals surface area contributed by atoms with E-state index >= 15 is 0 Å². The Morgan fingerprint density at radius 2 is 2.21 bits per heavy atom. The topological polar surface area (TPSA) is 71.1 Å². The molecule has 1 atom stereocenters. The lowest BCUT2D eigenvalue weighted by molar-refractivity contribution is -0.129. The molecule has 128 valence electrons. The fraction of sp³-hybridized carbons (Fsp3) is 0.471. The molecule has 0 bridgehead atoms. The number of carbonyl (C=O) groups is 2. The van der Waals surface area contributed by atoms with Gasteiger partial charge >= 0.3 is 0 Å². The molecular formula is C17H21N3O2S2. The highest BCUT2D eigenvalue weighted by Crippen LogP contribution is 2.29. The number of aromatic nitrogens is 1. The molecule has 1 aliphatic rings. The Morgan fingerprint density at radius 1 is 1.42 bits per heavy atom. The zero-order valence-corrected chi connectivity index (χ0v) is 15.4. The highest BCUT2D eigenvalue weighted by atomic mass is 32.2. The maximum atomic E-state index is 12.2. The van der Waals surface area contributed by atoms with E-state index < -0.39 is 10.8 Å². The molecule has 2 aromatic rings. The fourth-order valence-corrected chi connectivity index (χ4v) is 4.49. The molecule has 1 saturated heterocycles. The SMILES string of the molecule is CC1(C)SC[C@@H](C(=O)NCCCc2nc3ccccc3s2)NC1=O.